The zero-order chi connectivity index (χ0) is 11.2. The Balaban J connectivity index is 1.83. The van der Waals surface area contributed by atoms with Gasteiger partial charge in [0.05, 0.1) is 0 Å². The minimum Gasteiger partial charge on any atom is -0.162 e. The summed E-state index contributed by atoms with van der Waals surface area (Å²) in [6.07, 6.45) is 2.26. The molecule has 2 heteroatoms. The first-order valence-electron chi connectivity index (χ1n) is 6.01. The van der Waals surface area contributed by atoms with Crippen LogP contribution < -0.4 is 0 Å². The second-order valence-electron chi connectivity index (χ2n) is 4.69. The van der Waals surface area contributed by atoms with Crippen molar-refractivity contribution >= 4 is 0 Å². The Kier molecular flexibility index (Phi) is 1.75. The molecule has 1 aliphatic heterocycles. The molecule has 0 saturated carbocycles. The first kappa shape index (κ1) is 9.11. The molecule has 0 bridgehead atoms. The summed E-state index contributed by atoms with van der Waals surface area (Å²) in [5, 5.41) is 7.99. The summed E-state index contributed by atoms with van der Waals surface area (Å²) < 4.78 is 0. The van der Waals surface area contributed by atoms with Gasteiger partial charge in [0.15, 0.2) is 6.17 Å². The lowest BCUT2D eigenvalue weighted by atomic mass is 9.99. The van der Waals surface area contributed by atoms with E-state index in [2.05, 4.69) is 52.7 Å². The normalized spacial score (nSPS) is 15.8. The van der Waals surface area contributed by atoms with Gasteiger partial charge in [0.2, 0.25) is 0 Å². The van der Waals surface area contributed by atoms with Crippen LogP contribution in [0.15, 0.2) is 52.7 Å². The Labute approximate surface area is 100 Å². The molecule has 2 aromatic rings. The van der Waals surface area contributed by atoms with Gasteiger partial charge in [-0.15, -0.1) is 0 Å². The van der Waals surface area contributed by atoms with E-state index >= 15 is 0 Å². The van der Waals surface area contributed by atoms with E-state index in [0.29, 0.717) is 0 Å². The van der Waals surface area contributed by atoms with E-state index in [9.17, 15) is 0 Å². The van der Waals surface area contributed by atoms with Crippen molar-refractivity contribution < 1.29 is 0 Å². The molecule has 2 aliphatic rings. The summed E-state index contributed by atoms with van der Waals surface area (Å²) >= 11 is 0. The molecule has 17 heavy (non-hydrogen) atoms. The van der Waals surface area contributed by atoms with Gasteiger partial charge in [-0.05, 0) is 34.2 Å². The Bertz CT molecular complexity index is 623. The van der Waals surface area contributed by atoms with Crippen molar-refractivity contribution in [1.82, 2.24) is 0 Å². The number of hydrogen-bond acceptors (Lipinski definition) is 2. The Morgan fingerprint density at radius 1 is 0.941 bits per heavy atom. The molecule has 0 atom stereocenters. The van der Waals surface area contributed by atoms with Crippen LogP contribution in [-0.4, -0.2) is 6.17 Å². The topological polar surface area (TPSA) is 24.7 Å². The fourth-order valence-electron chi connectivity index (χ4n) is 2.74. The lowest BCUT2D eigenvalue weighted by molar-refractivity contribution is 0.893. The maximum Gasteiger partial charge on any atom is 0.185 e. The standard InChI is InChI=1S/C15H12N2/c1-2-6-12-10(4-1)8-14-11(9-15-16-17-15)5-3-7-13(12)14/h1-7,15H,8-9H2. The van der Waals surface area contributed by atoms with Crippen molar-refractivity contribution in [2.24, 2.45) is 10.2 Å². The van der Waals surface area contributed by atoms with Gasteiger partial charge in [-0.1, -0.05) is 42.5 Å². The SMILES string of the molecule is c1ccc2c(c1)Cc1c(CC3N=N3)cccc1-2. The van der Waals surface area contributed by atoms with Crippen molar-refractivity contribution in [2.75, 3.05) is 0 Å². The molecule has 0 aromatic heterocycles. The minimum absolute atomic E-state index is 0.227. The van der Waals surface area contributed by atoms with Gasteiger partial charge in [-0.25, -0.2) is 0 Å². The van der Waals surface area contributed by atoms with E-state index in [1.54, 1.807) is 0 Å². The summed E-state index contributed by atoms with van der Waals surface area (Å²) in [6, 6.07) is 15.3. The van der Waals surface area contributed by atoms with E-state index in [-0.39, 0.29) is 6.17 Å². The smallest absolute Gasteiger partial charge is 0.162 e. The monoisotopic (exact) mass is 220 g/mol. The predicted octanol–water partition coefficient (Wildman–Crippen LogP) is 3.59. The molecule has 82 valence electrons. The first-order valence-corrected chi connectivity index (χ1v) is 6.01. The molecule has 0 unspecified atom stereocenters. The highest BCUT2D eigenvalue weighted by molar-refractivity contribution is 5.77. The minimum atomic E-state index is 0.227. The van der Waals surface area contributed by atoms with Crippen LogP contribution in [0.1, 0.15) is 16.7 Å². The summed E-state index contributed by atoms with van der Waals surface area (Å²) in [7, 11) is 0. The van der Waals surface area contributed by atoms with Crippen LogP contribution in [0.3, 0.4) is 0 Å². The Morgan fingerprint density at radius 2 is 1.76 bits per heavy atom. The van der Waals surface area contributed by atoms with Gasteiger partial charge in [0, 0.05) is 6.42 Å². The summed E-state index contributed by atoms with van der Waals surface area (Å²) in [5.41, 5.74) is 7.13. The average molecular weight is 220 g/mol. The van der Waals surface area contributed by atoms with Crippen LogP contribution >= 0.6 is 0 Å². The molecule has 2 nitrogen and oxygen atoms in total. The van der Waals surface area contributed by atoms with Crippen LogP contribution in [0.5, 0.6) is 0 Å². The second-order valence-corrected chi connectivity index (χ2v) is 4.69. The highest BCUT2D eigenvalue weighted by Crippen LogP contribution is 2.38. The number of nitrogens with zero attached hydrogens (tertiary/aromatic N) is 2. The predicted molar refractivity (Wildman–Crippen MR) is 67.0 cm³/mol. The molecule has 1 heterocycles. The Morgan fingerprint density at radius 3 is 2.65 bits per heavy atom. The third-order valence-electron chi connectivity index (χ3n) is 3.63. The number of fused-ring (bicyclic) bond motifs is 3. The molecule has 0 amide bonds. The van der Waals surface area contributed by atoms with E-state index < -0.39 is 0 Å². The molecule has 2 aromatic carbocycles. The lowest BCUT2D eigenvalue weighted by Crippen LogP contribution is -1.97. The van der Waals surface area contributed by atoms with Crippen molar-refractivity contribution in [3.8, 4) is 11.1 Å². The molecule has 0 fully saturated rings. The highest BCUT2D eigenvalue weighted by Gasteiger charge is 2.23. The molecule has 0 spiro atoms. The third-order valence-corrected chi connectivity index (χ3v) is 3.63. The molecule has 4 rings (SSSR count). The molecule has 0 saturated heterocycles. The maximum absolute atomic E-state index is 4.00. The fourth-order valence-corrected chi connectivity index (χ4v) is 2.74. The van der Waals surface area contributed by atoms with Crippen molar-refractivity contribution in [2.45, 2.75) is 19.0 Å². The van der Waals surface area contributed by atoms with Gasteiger partial charge in [0.1, 0.15) is 0 Å². The fraction of sp³-hybridized carbons (Fsp3) is 0.200. The molecule has 0 radical (unpaired) electrons. The highest BCUT2D eigenvalue weighted by atomic mass is 15.4. The molecule has 0 N–H and O–H groups in total. The zero-order valence-electron chi connectivity index (χ0n) is 9.43. The number of hydrogen-bond donors (Lipinski definition) is 0. The molecular weight excluding hydrogens is 208 g/mol. The van der Waals surface area contributed by atoms with Crippen LogP contribution in [0.2, 0.25) is 0 Å². The molecular formula is C15H12N2. The van der Waals surface area contributed by atoms with Crippen LogP contribution in [0.25, 0.3) is 11.1 Å². The Hall–Kier alpha value is -1.96. The van der Waals surface area contributed by atoms with Crippen molar-refractivity contribution in [1.29, 1.82) is 0 Å². The molecule has 1 aliphatic carbocycles. The quantitative estimate of drug-likeness (QED) is 0.630. The largest absolute Gasteiger partial charge is 0.185 e. The summed E-state index contributed by atoms with van der Waals surface area (Å²) in [5.74, 6) is 0. The average Bonchev–Trinajstić information content (AvgIpc) is 3.08. The van der Waals surface area contributed by atoms with E-state index in [1.807, 2.05) is 0 Å². The number of rotatable bonds is 2. The third kappa shape index (κ3) is 1.41. The van der Waals surface area contributed by atoms with Crippen molar-refractivity contribution in [3.05, 3.63) is 59.2 Å². The lowest BCUT2D eigenvalue weighted by Gasteiger charge is -2.06. The van der Waals surface area contributed by atoms with Gasteiger partial charge in [-0.2, -0.15) is 10.2 Å². The van der Waals surface area contributed by atoms with E-state index in [1.165, 1.54) is 27.8 Å². The summed E-state index contributed by atoms with van der Waals surface area (Å²) in [6.45, 7) is 0. The van der Waals surface area contributed by atoms with E-state index in [0.717, 1.165) is 12.8 Å². The van der Waals surface area contributed by atoms with Gasteiger partial charge >= 0.3 is 0 Å². The van der Waals surface area contributed by atoms with Gasteiger partial charge < -0.3 is 0 Å². The first-order chi connectivity index (χ1) is 8.42. The summed E-state index contributed by atoms with van der Waals surface area (Å²) in [4.78, 5) is 0. The van der Waals surface area contributed by atoms with Crippen LogP contribution in [0, 0.1) is 0 Å². The number of benzene rings is 2. The zero-order valence-corrected chi connectivity index (χ0v) is 9.43. The second kappa shape index (κ2) is 3.27. The van der Waals surface area contributed by atoms with Crippen LogP contribution in [0.4, 0.5) is 0 Å². The van der Waals surface area contributed by atoms with E-state index in [4.69, 9.17) is 0 Å². The van der Waals surface area contributed by atoms with Crippen molar-refractivity contribution in [3.63, 3.8) is 0 Å². The maximum atomic E-state index is 4.00. The van der Waals surface area contributed by atoms with Gasteiger partial charge in [0.25, 0.3) is 0 Å². The van der Waals surface area contributed by atoms with Gasteiger partial charge in [-0.3, -0.25) is 0 Å². The van der Waals surface area contributed by atoms with Crippen LogP contribution in [-0.2, 0) is 12.8 Å².